The van der Waals surface area contributed by atoms with E-state index in [4.69, 9.17) is 0 Å². The highest BCUT2D eigenvalue weighted by Crippen LogP contribution is 2.16. The molecule has 2 nitrogen and oxygen atoms in total. The Bertz CT molecular complexity index is 432. The third-order valence-electron chi connectivity index (χ3n) is 2.64. The summed E-state index contributed by atoms with van der Waals surface area (Å²) >= 11 is 0. The second-order valence-electron chi connectivity index (χ2n) is 6.03. The first kappa shape index (κ1) is 16.1. The molecule has 0 aliphatic rings. The van der Waals surface area contributed by atoms with Crippen molar-refractivity contribution >= 4 is 16.7 Å². The van der Waals surface area contributed by atoms with Crippen molar-refractivity contribution < 1.29 is 4.21 Å². The van der Waals surface area contributed by atoms with Crippen molar-refractivity contribution in [2.24, 2.45) is 9.81 Å². The molecule has 0 aromatic heterocycles. The highest BCUT2D eigenvalue weighted by Gasteiger charge is 2.15. The van der Waals surface area contributed by atoms with Crippen molar-refractivity contribution in [2.75, 3.05) is 5.75 Å². The Morgan fingerprint density at radius 2 is 1.84 bits per heavy atom. The van der Waals surface area contributed by atoms with Crippen molar-refractivity contribution in [2.45, 2.75) is 47.0 Å². The number of hydrogen-bond donors (Lipinski definition) is 0. The molecule has 0 bridgehead atoms. The van der Waals surface area contributed by atoms with Gasteiger partial charge in [-0.05, 0) is 23.8 Å². The zero-order chi connectivity index (χ0) is 14.3. The van der Waals surface area contributed by atoms with Crippen LogP contribution in [0.15, 0.2) is 34.7 Å². The lowest BCUT2D eigenvalue weighted by molar-refractivity contribution is 0.474. The molecule has 0 aliphatic heterocycles. The van der Waals surface area contributed by atoms with Gasteiger partial charge in [0, 0.05) is 5.75 Å². The average Bonchev–Trinajstić information content (AvgIpc) is 2.33. The standard InChI is InChI=1S/C16H25NOS/c1-5-6-12-15(14-10-8-7-9-11-14)17-19(18)13-16(2,3)4/h7-11H,5-6,12-13H2,1-4H3/b17-15-. The molecule has 0 amide bonds. The smallest absolute Gasteiger partial charge is 0.140 e. The van der Waals surface area contributed by atoms with E-state index in [1.165, 1.54) is 0 Å². The summed E-state index contributed by atoms with van der Waals surface area (Å²) in [4.78, 5) is 0. The van der Waals surface area contributed by atoms with Gasteiger partial charge in [0.15, 0.2) is 0 Å². The van der Waals surface area contributed by atoms with Crippen molar-refractivity contribution in [3.8, 4) is 0 Å². The lowest BCUT2D eigenvalue weighted by atomic mass is 10.0. The highest BCUT2D eigenvalue weighted by molar-refractivity contribution is 7.83. The quantitative estimate of drug-likeness (QED) is 0.711. The van der Waals surface area contributed by atoms with E-state index in [2.05, 4.69) is 32.1 Å². The number of benzene rings is 1. The van der Waals surface area contributed by atoms with Gasteiger partial charge in [-0.3, -0.25) is 0 Å². The number of rotatable bonds is 6. The van der Waals surface area contributed by atoms with Gasteiger partial charge >= 0.3 is 0 Å². The van der Waals surface area contributed by atoms with Crippen LogP contribution in [0.5, 0.6) is 0 Å². The summed E-state index contributed by atoms with van der Waals surface area (Å²) in [6, 6.07) is 10.1. The lowest BCUT2D eigenvalue weighted by Gasteiger charge is -2.15. The molecule has 0 heterocycles. The Hall–Kier alpha value is -0.960. The Morgan fingerprint density at radius 1 is 1.21 bits per heavy atom. The first-order chi connectivity index (χ1) is 8.92. The van der Waals surface area contributed by atoms with E-state index in [0.717, 1.165) is 30.5 Å². The van der Waals surface area contributed by atoms with Crippen molar-refractivity contribution in [1.82, 2.24) is 0 Å². The van der Waals surface area contributed by atoms with E-state index in [1.54, 1.807) is 0 Å². The largest absolute Gasteiger partial charge is 0.235 e. The minimum absolute atomic E-state index is 0.0426. The molecule has 1 aromatic rings. The van der Waals surface area contributed by atoms with Crippen LogP contribution in [0.25, 0.3) is 0 Å². The predicted molar refractivity (Wildman–Crippen MR) is 85.0 cm³/mol. The predicted octanol–water partition coefficient (Wildman–Crippen LogP) is 4.38. The molecule has 0 saturated carbocycles. The van der Waals surface area contributed by atoms with Crippen LogP contribution < -0.4 is 0 Å². The number of unbranched alkanes of at least 4 members (excludes halogenated alkanes) is 1. The number of nitrogens with zero attached hydrogens (tertiary/aromatic N) is 1. The second kappa shape index (κ2) is 7.59. The maximum absolute atomic E-state index is 12.1. The van der Waals surface area contributed by atoms with Crippen molar-refractivity contribution in [3.63, 3.8) is 0 Å². The van der Waals surface area contributed by atoms with Gasteiger partial charge in [0.25, 0.3) is 0 Å². The van der Waals surface area contributed by atoms with Crippen LogP contribution in [0.4, 0.5) is 0 Å². The van der Waals surface area contributed by atoms with E-state index in [0.29, 0.717) is 5.75 Å². The summed E-state index contributed by atoms with van der Waals surface area (Å²) in [5.41, 5.74) is 2.12. The fourth-order valence-electron chi connectivity index (χ4n) is 1.74. The van der Waals surface area contributed by atoms with Crippen LogP contribution >= 0.6 is 0 Å². The molecule has 0 aliphatic carbocycles. The van der Waals surface area contributed by atoms with Gasteiger partial charge in [-0.15, -0.1) is 0 Å². The normalized spacial score (nSPS) is 14.4. The summed E-state index contributed by atoms with van der Waals surface area (Å²) in [5, 5.41) is 0. The zero-order valence-corrected chi connectivity index (χ0v) is 13.3. The van der Waals surface area contributed by atoms with Gasteiger partial charge in [0.2, 0.25) is 0 Å². The van der Waals surface area contributed by atoms with Gasteiger partial charge in [-0.2, -0.15) is 4.40 Å². The van der Waals surface area contributed by atoms with Crippen LogP contribution in [0, 0.1) is 5.41 Å². The molecular formula is C16H25NOS. The summed E-state index contributed by atoms with van der Waals surface area (Å²) < 4.78 is 16.6. The van der Waals surface area contributed by atoms with Gasteiger partial charge in [0.05, 0.1) is 5.71 Å². The molecule has 0 spiro atoms. The van der Waals surface area contributed by atoms with Gasteiger partial charge in [-0.1, -0.05) is 64.4 Å². The molecule has 1 unspecified atom stereocenters. The van der Waals surface area contributed by atoms with Crippen molar-refractivity contribution in [3.05, 3.63) is 35.9 Å². The van der Waals surface area contributed by atoms with E-state index in [-0.39, 0.29) is 5.41 Å². The molecule has 106 valence electrons. The first-order valence-corrected chi connectivity index (χ1v) is 8.21. The summed E-state index contributed by atoms with van der Waals surface area (Å²) in [5.74, 6) is 0.607. The first-order valence-electron chi connectivity index (χ1n) is 6.94. The van der Waals surface area contributed by atoms with E-state index >= 15 is 0 Å². The highest BCUT2D eigenvalue weighted by atomic mass is 32.2. The molecule has 1 atom stereocenters. The fourth-order valence-corrected chi connectivity index (χ4v) is 2.99. The average molecular weight is 279 g/mol. The monoisotopic (exact) mass is 279 g/mol. The molecule has 0 N–H and O–H groups in total. The summed E-state index contributed by atoms with van der Waals surface area (Å²) in [6.45, 7) is 8.44. The molecule has 19 heavy (non-hydrogen) atoms. The maximum atomic E-state index is 12.1. The van der Waals surface area contributed by atoms with Gasteiger partial charge in [0.1, 0.15) is 11.0 Å². The summed E-state index contributed by atoms with van der Waals surface area (Å²) in [6.07, 6.45) is 3.11. The Kier molecular flexibility index (Phi) is 6.43. The van der Waals surface area contributed by atoms with Crippen LogP contribution in [0.3, 0.4) is 0 Å². The second-order valence-corrected chi connectivity index (χ2v) is 7.15. The fraction of sp³-hybridized carbons (Fsp3) is 0.562. The van der Waals surface area contributed by atoms with Crippen LogP contribution in [-0.4, -0.2) is 15.7 Å². The lowest BCUT2D eigenvalue weighted by Crippen LogP contribution is -2.16. The Labute approximate surface area is 119 Å². The maximum Gasteiger partial charge on any atom is 0.140 e. The van der Waals surface area contributed by atoms with Gasteiger partial charge < -0.3 is 0 Å². The van der Waals surface area contributed by atoms with E-state index in [9.17, 15) is 4.21 Å². The molecule has 1 rings (SSSR count). The molecule has 3 heteroatoms. The molecule has 0 saturated heterocycles. The third kappa shape index (κ3) is 6.67. The zero-order valence-electron chi connectivity index (χ0n) is 12.5. The molecule has 0 radical (unpaired) electrons. The molecule has 1 aromatic carbocycles. The van der Waals surface area contributed by atoms with Crippen LogP contribution in [-0.2, 0) is 11.0 Å². The summed E-state index contributed by atoms with van der Waals surface area (Å²) in [7, 11) is -1.14. The third-order valence-corrected chi connectivity index (χ3v) is 4.18. The Morgan fingerprint density at radius 3 is 2.37 bits per heavy atom. The SMILES string of the molecule is CCCC/C(=N/S(=O)CC(C)(C)C)c1ccccc1. The van der Waals surface area contributed by atoms with E-state index in [1.807, 2.05) is 30.3 Å². The molecule has 0 fully saturated rings. The minimum atomic E-state index is -1.14. The van der Waals surface area contributed by atoms with E-state index < -0.39 is 11.0 Å². The molecular weight excluding hydrogens is 254 g/mol. The van der Waals surface area contributed by atoms with Crippen LogP contribution in [0.2, 0.25) is 0 Å². The van der Waals surface area contributed by atoms with Crippen molar-refractivity contribution in [1.29, 1.82) is 0 Å². The van der Waals surface area contributed by atoms with Gasteiger partial charge in [-0.25, -0.2) is 4.21 Å². The van der Waals surface area contributed by atoms with Crippen LogP contribution in [0.1, 0.15) is 52.5 Å². The number of hydrogen-bond acceptors (Lipinski definition) is 1. The minimum Gasteiger partial charge on any atom is -0.235 e. The Balaban J connectivity index is 2.88. The topological polar surface area (TPSA) is 29.4 Å².